The average molecular weight is 489 g/mol. The SMILES string of the molecule is Cc1cc(=O)c(C(=O)N2CCN(Cc3ccc(-c4cccc(F)c4)s3)CC2)nn1-c1ccccc1. The second-order valence-corrected chi connectivity index (χ2v) is 9.76. The molecule has 0 bridgehead atoms. The Balaban J connectivity index is 1.24. The molecule has 1 fully saturated rings. The van der Waals surface area contributed by atoms with E-state index in [0.29, 0.717) is 31.9 Å². The van der Waals surface area contributed by atoms with Crippen LogP contribution in [-0.4, -0.2) is 51.7 Å². The highest BCUT2D eigenvalue weighted by Gasteiger charge is 2.26. The molecule has 0 unspecified atom stereocenters. The van der Waals surface area contributed by atoms with E-state index in [1.807, 2.05) is 42.5 Å². The van der Waals surface area contributed by atoms with Crippen molar-refractivity contribution < 1.29 is 9.18 Å². The molecule has 8 heteroatoms. The van der Waals surface area contributed by atoms with Crippen LogP contribution in [0.1, 0.15) is 21.1 Å². The van der Waals surface area contributed by atoms with Gasteiger partial charge in [-0.25, -0.2) is 9.07 Å². The lowest BCUT2D eigenvalue weighted by atomic mass is 10.2. The second-order valence-electron chi connectivity index (χ2n) is 8.59. The van der Waals surface area contributed by atoms with Gasteiger partial charge in [0.1, 0.15) is 5.82 Å². The number of piperazine rings is 1. The summed E-state index contributed by atoms with van der Waals surface area (Å²) in [5.41, 5.74) is 1.95. The summed E-state index contributed by atoms with van der Waals surface area (Å²) in [6.45, 7) is 5.04. The van der Waals surface area contributed by atoms with Crippen LogP contribution in [0.15, 0.2) is 77.6 Å². The van der Waals surface area contributed by atoms with Crippen molar-refractivity contribution in [3.63, 3.8) is 0 Å². The summed E-state index contributed by atoms with van der Waals surface area (Å²) in [7, 11) is 0. The molecule has 0 saturated carbocycles. The summed E-state index contributed by atoms with van der Waals surface area (Å²) in [6.07, 6.45) is 0. The summed E-state index contributed by atoms with van der Waals surface area (Å²) < 4.78 is 15.2. The standard InChI is InChI=1S/C27H25FN4O2S/c1-19-16-24(33)26(29-32(19)22-8-3-2-4-9-22)27(34)31-14-12-30(13-15-31)18-23-10-11-25(35-23)20-6-5-7-21(28)17-20/h2-11,16-17H,12-15,18H2,1H3. The molecular weight excluding hydrogens is 463 g/mol. The zero-order chi connectivity index (χ0) is 24.4. The zero-order valence-electron chi connectivity index (χ0n) is 19.4. The van der Waals surface area contributed by atoms with E-state index in [4.69, 9.17) is 0 Å². The second kappa shape index (κ2) is 9.93. The zero-order valence-corrected chi connectivity index (χ0v) is 20.2. The number of hydrogen-bond donors (Lipinski definition) is 0. The third-order valence-corrected chi connectivity index (χ3v) is 7.24. The number of nitrogens with zero attached hydrogens (tertiary/aromatic N) is 4. The molecule has 1 aliphatic rings. The molecule has 0 N–H and O–H groups in total. The van der Waals surface area contributed by atoms with Gasteiger partial charge >= 0.3 is 0 Å². The van der Waals surface area contributed by atoms with Crippen LogP contribution >= 0.6 is 11.3 Å². The lowest BCUT2D eigenvalue weighted by Gasteiger charge is -2.34. The van der Waals surface area contributed by atoms with E-state index >= 15 is 0 Å². The van der Waals surface area contributed by atoms with Gasteiger partial charge in [0, 0.05) is 54.2 Å². The van der Waals surface area contributed by atoms with Gasteiger partial charge in [-0.2, -0.15) is 5.10 Å². The van der Waals surface area contributed by atoms with Crippen LogP contribution in [0, 0.1) is 12.7 Å². The van der Waals surface area contributed by atoms with E-state index in [9.17, 15) is 14.0 Å². The van der Waals surface area contributed by atoms with Crippen molar-refractivity contribution in [2.24, 2.45) is 0 Å². The number of thiophene rings is 1. The molecule has 0 radical (unpaired) electrons. The Kier molecular flexibility index (Phi) is 6.57. The van der Waals surface area contributed by atoms with E-state index in [2.05, 4.69) is 16.1 Å². The summed E-state index contributed by atoms with van der Waals surface area (Å²) in [4.78, 5) is 32.0. The summed E-state index contributed by atoms with van der Waals surface area (Å²) in [5.74, 6) is -0.569. The minimum atomic E-state index is -0.356. The molecule has 178 valence electrons. The fraction of sp³-hybridized carbons (Fsp3) is 0.222. The number of carbonyl (C=O) groups is 1. The van der Waals surface area contributed by atoms with Gasteiger partial charge < -0.3 is 4.90 Å². The summed E-state index contributed by atoms with van der Waals surface area (Å²) in [5, 5.41) is 4.42. The van der Waals surface area contributed by atoms with Gasteiger partial charge in [-0.15, -0.1) is 11.3 Å². The first kappa shape index (κ1) is 23.1. The first-order chi connectivity index (χ1) is 17.0. The van der Waals surface area contributed by atoms with Crippen LogP contribution in [0.25, 0.3) is 16.1 Å². The number of rotatable bonds is 5. The van der Waals surface area contributed by atoms with Crippen molar-refractivity contribution in [3.8, 4) is 16.1 Å². The van der Waals surface area contributed by atoms with Crippen LogP contribution in [0.2, 0.25) is 0 Å². The fourth-order valence-corrected chi connectivity index (χ4v) is 5.31. The lowest BCUT2D eigenvalue weighted by molar-refractivity contribution is 0.0620. The first-order valence-electron chi connectivity index (χ1n) is 11.5. The van der Waals surface area contributed by atoms with Crippen molar-refractivity contribution in [1.29, 1.82) is 0 Å². The monoisotopic (exact) mass is 488 g/mol. The highest BCUT2D eigenvalue weighted by molar-refractivity contribution is 7.15. The van der Waals surface area contributed by atoms with Gasteiger partial charge in [0.05, 0.1) is 5.69 Å². The molecule has 1 saturated heterocycles. The van der Waals surface area contributed by atoms with E-state index in [0.717, 1.165) is 22.7 Å². The Morgan fingerprint density at radius 1 is 0.971 bits per heavy atom. The maximum Gasteiger partial charge on any atom is 0.278 e. The highest BCUT2D eigenvalue weighted by atomic mass is 32.1. The number of aromatic nitrogens is 2. The van der Waals surface area contributed by atoms with Crippen LogP contribution in [-0.2, 0) is 6.54 Å². The van der Waals surface area contributed by atoms with Crippen molar-refractivity contribution in [1.82, 2.24) is 19.6 Å². The Bertz CT molecular complexity index is 1410. The van der Waals surface area contributed by atoms with Gasteiger partial charge in [-0.3, -0.25) is 14.5 Å². The van der Waals surface area contributed by atoms with E-state index in [1.54, 1.807) is 40.0 Å². The first-order valence-corrected chi connectivity index (χ1v) is 12.3. The van der Waals surface area contributed by atoms with Crippen molar-refractivity contribution in [3.05, 3.63) is 105 Å². The number of carbonyl (C=O) groups excluding carboxylic acids is 1. The largest absolute Gasteiger partial charge is 0.335 e. The number of halogens is 1. The van der Waals surface area contributed by atoms with E-state index < -0.39 is 0 Å². The Hall–Kier alpha value is -3.62. The maximum atomic E-state index is 13.5. The normalized spacial score (nSPS) is 14.3. The predicted octanol–water partition coefficient (Wildman–Crippen LogP) is 4.37. The summed E-state index contributed by atoms with van der Waals surface area (Å²) >= 11 is 1.65. The molecule has 4 aromatic rings. The third-order valence-electron chi connectivity index (χ3n) is 6.12. The number of para-hydroxylation sites is 1. The van der Waals surface area contributed by atoms with E-state index in [1.165, 1.54) is 17.0 Å². The maximum absolute atomic E-state index is 13.5. The molecule has 3 heterocycles. The highest BCUT2D eigenvalue weighted by Crippen LogP contribution is 2.29. The van der Waals surface area contributed by atoms with Crippen LogP contribution in [0.4, 0.5) is 4.39 Å². The Morgan fingerprint density at radius 2 is 1.74 bits per heavy atom. The molecule has 2 aromatic carbocycles. The molecule has 1 amide bonds. The van der Waals surface area contributed by atoms with E-state index in [-0.39, 0.29) is 22.8 Å². The average Bonchev–Trinajstić information content (AvgIpc) is 3.33. The summed E-state index contributed by atoms with van der Waals surface area (Å²) in [6, 6.07) is 21.7. The molecule has 0 atom stereocenters. The third kappa shape index (κ3) is 5.08. The molecule has 35 heavy (non-hydrogen) atoms. The number of amides is 1. The fourth-order valence-electron chi connectivity index (χ4n) is 4.27. The van der Waals surface area contributed by atoms with Gasteiger partial charge in [0.25, 0.3) is 5.91 Å². The lowest BCUT2D eigenvalue weighted by Crippen LogP contribution is -2.49. The van der Waals surface area contributed by atoms with Crippen LogP contribution in [0.5, 0.6) is 0 Å². The molecule has 0 aliphatic carbocycles. The van der Waals surface area contributed by atoms with Crippen LogP contribution < -0.4 is 5.43 Å². The number of hydrogen-bond acceptors (Lipinski definition) is 5. The van der Waals surface area contributed by atoms with Crippen molar-refractivity contribution in [2.45, 2.75) is 13.5 Å². The number of aryl methyl sites for hydroxylation is 1. The molecule has 6 nitrogen and oxygen atoms in total. The smallest absolute Gasteiger partial charge is 0.278 e. The molecule has 5 rings (SSSR count). The minimum Gasteiger partial charge on any atom is -0.335 e. The van der Waals surface area contributed by atoms with Gasteiger partial charge in [0.2, 0.25) is 5.43 Å². The molecule has 0 spiro atoms. The Morgan fingerprint density at radius 3 is 2.49 bits per heavy atom. The minimum absolute atomic E-state index is 0.0501. The molecule has 1 aliphatic heterocycles. The molecule has 2 aromatic heterocycles. The van der Waals surface area contributed by atoms with Crippen molar-refractivity contribution in [2.75, 3.05) is 26.2 Å². The quantitative estimate of drug-likeness (QED) is 0.419. The van der Waals surface area contributed by atoms with Gasteiger partial charge in [-0.1, -0.05) is 30.3 Å². The molecular formula is C27H25FN4O2S. The van der Waals surface area contributed by atoms with Crippen LogP contribution in [0.3, 0.4) is 0 Å². The predicted molar refractivity (Wildman–Crippen MR) is 135 cm³/mol. The topological polar surface area (TPSA) is 58.4 Å². The van der Waals surface area contributed by atoms with Crippen molar-refractivity contribution >= 4 is 17.2 Å². The van der Waals surface area contributed by atoms with Gasteiger partial charge in [-0.05, 0) is 48.9 Å². The van der Waals surface area contributed by atoms with Gasteiger partial charge in [0.15, 0.2) is 5.69 Å². The number of benzene rings is 2. The Labute approximate surface area is 206 Å².